The summed E-state index contributed by atoms with van der Waals surface area (Å²) in [5.74, 6) is 0. The molecule has 2 fully saturated rings. The Morgan fingerprint density at radius 3 is 2.75 bits per heavy atom. The molecule has 2 saturated heterocycles. The molecule has 0 aromatic heterocycles. The smallest absolute Gasteiger partial charge is 0.0994 e. The maximum Gasteiger partial charge on any atom is 0.0994 e. The van der Waals surface area contributed by atoms with Gasteiger partial charge in [-0.15, -0.1) is 0 Å². The summed E-state index contributed by atoms with van der Waals surface area (Å²) in [6.45, 7) is 5.66. The molecular weight excluding hydrogens is 198 g/mol. The van der Waals surface area contributed by atoms with Gasteiger partial charge in [-0.3, -0.25) is 4.90 Å². The molecule has 4 atom stereocenters. The molecule has 0 unspecified atom stereocenters. The van der Waals surface area contributed by atoms with Crippen molar-refractivity contribution in [2.75, 3.05) is 0 Å². The third-order valence-electron chi connectivity index (χ3n) is 3.97. The van der Waals surface area contributed by atoms with E-state index < -0.39 is 0 Å². The number of rotatable bonds is 2. The topological polar surface area (TPSA) is 15.8 Å². The maximum absolute atomic E-state index is 5.69. The lowest BCUT2D eigenvalue weighted by Gasteiger charge is -2.36. The molecule has 2 heteroatoms. The first kappa shape index (κ1) is 10.3. The summed E-state index contributed by atoms with van der Waals surface area (Å²) in [5.41, 5.74) is 1.40. The molecule has 16 heavy (non-hydrogen) atoms. The van der Waals surface area contributed by atoms with Crippen LogP contribution in [0.5, 0.6) is 0 Å². The molecule has 1 aromatic carbocycles. The molecule has 0 spiro atoms. The number of piperidine rings is 1. The summed E-state index contributed by atoms with van der Waals surface area (Å²) >= 11 is 0. The maximum atomic E-state index is 5.69. The summed E-state index contributed by atoms with van der Waals surface area (Å²) in [4.78, 5) is 2.57. The van der Waals surface area contributed by atoms with Crippen LogP contribution in [0.15, 0.2) is 30.3 Å². The van der Waals surface area contributed by atoms with Gasteiger partial charge < -0.3 is 4.74 Å². The van der Waals surface area contributed by atoms with Gasteiger partial charge in [0, 0.05) is 18.6 Å². The van der Waals surface area contributed by atoms with Gasteiger partial charge in [0.15, 0.2) is 0 Å². The molecule has 0 radical (unpaired) electrons. The summed E-state index contributed by atoms with van der Waals surface area (Å²) in [5, 5.41) is 0. The second-order valence-electron chi connectivity index (χ2n) is 5.12. The fourth-order valence-electron chi connectivity index (χ4n) is 2.93. The first-order valence-electron chi connectivity index (χ1n) is 6.21. The zero-order chi connectivity index (χ0) is 11.1. The number of likely N-dealkylation sites (tertiary alicyclic amines) is 1. The van der Waals surface area contributed by atoms with Crippen LogP contribution in [0.1, 0.15) is 25.8 Å². The number of hydrogen-bond acceptors (Lipinski definition) is 2. The van der Waals surface area contributed by atoms with Gasteiger partial charge >= 0.3 is 0 Å². The summed E-state index contributed by atoms with van der Waals surface area (Å²) in [7, 11) is 0. The van der Waals surface area contributed by atoms with Crippen molar-refractivity contribution in [2.45, 2.75) is 51.1 Å². The quantitative estimate of drug-likeness (QED) is 0.707. The molecule has 1 aromatic rings. The Bertz CT molecular complexity index is 364. The molecule has 0 N–H and O–H groups in total. The van der Waals surface area contributed by atoms with Gasteiger partial charge in [0.05, 0.1) is 12.2 Å². The van der Waals surface area contributed by atoms with Crippen molar-refractivity contribution in [3.05, 3.63) is 35.9 Å². The number of epoxide rings is 1. The summed E-state index contributed by atoms with van der Waals surface area (Å²) in [6.07, 6.45) is 2.25. The van der Waals surface area contributed by atoms with Crippen LogP contribution in [0, 0.1) is 0 Å². The Hall–Kier alpha value is -0.860. The van der Waals surface area contributed by atoms with Gasteiger partial charge in [-0.25, -0.2) is 0 Å². The third kappa shape index (κ3) is 1.76. The van der Waals surface area contributed by atoms with Crippen LogP contribution < -0.4 is 0 Å². The Morgan fingerprint density at radius 2 is 2.00 bits per heavy atom. The first-order chi connectivity index (χ1) is 7.75. The SMILES string of the molecule is C[C@@H]1C[C@@H]2O[C@H]2[C@@H](C)N1Cc1ccccc1. The number of hydrogen-bond donors (Lipinski definition) is 0. The van der Waals surface area contributed by atoms with E-state index in [0.717, 1.165) is 6.54 Å². The minimum Gasteiger partial charge on any atom is -0.368 e. The van der Waals surface area contributed by atoms with Crippen LogP contribution in [-0.4, -0.2) is 29.2 Å². The highest BCUT2D eigenvalue weighted by atomic mass is 16.6. The Morgan fingerprint density at radius 1 is 1.25 bits per heavy atom. The van der Waals surface area contributed by atoms with Crippen molar-refractivity contribution in [1.29, 1.82) is 0 Å². The Balaban J connectivity index is 1.73. The monoisotopic (exact) mass is 217 g/mol. The van der Waals surface area contributed by atoms with E-state index in [2.05, 4.69) is 49.1 Å². The molecule has 86 valence electrons. The fraction of sp³-hybridized carbons (Fsp3) is 0.571. The first-order valence-corrected chi connectivity index (χ1v) is 6.21. The van der Waals surface area contributed by atoms with Crippen LogP contribution in [0.2, 0.25) is 0 Å². The Labute approximate surface area is 97.2 Å². The lowest BCUT2D eigenvalue weighted by Crippen LogP contribution is -2.47. The van der Waals surface area contributed by atoms with E-state index in [0.29, 0.717) is 24.3 Å². The van der Waals surface area contributed by atoms with E-state index in [9.17, 15) is 0 Å². The van der Waals surface area contributed by atoms with Gasteiger partial charge in [-0.1, -0.05) is 30.3 Å². The lowest BCUT2D eigenvalue weighted by molar-refractivity contribution is 0.110. The molecule has 3 rings (SSSR count). The minimum absolute atomic E-state index is 0.500. The van der Waals surface area contributed by atoms with Gasteiger partial charge in [0.25, 0.3) is 0 Å². The molecule has 0 bridgehead atoms. The van der Waals surface area contributed by atoms with E-state index in [4.69, 9.17) is 4.74 Å². The second-order valence-corrected chi connectivity index (χ2v) is 5.12. The van der Waals surface area contributed by atoms with Crippen molar-refractivity contribution in [3.8, 4) is 0 Å². The number of ether oxygens (including phenoxy) is 1. The highest BCUT2D eigenvalue weighted by Gasteiger charge is 2.50. The molecule has 0 aliphatic carbocycles. The summed E-state index contributed by atoms with van der Waals surface area (Å²) in [6, 6.07) is 11.9. The Kier molecular flexibility index (Phi) is 2.49. The summed E-state index contributed by atoms with van der Waals surface area (Å²) < 4.78 is 5.69. The molecule has 2 nitrogen and oxygen atoms in total. The number of fused-ring (bicyclic) bond motifs is 1. The molecule has 0 saturated carbocycles. The highest BCUT2D eigenvalue weighted by Crippen LogP contribution is 2.39. The highest BCUT2D eigenvalue weighted by molar-refractivity contribution is 5.15. The van der Waals surface area contributed by atoms with E-state index in [-0.39, 0.29) is 0 Å². The van der Waals surface area contributed by atoms with E-state index in [1.165, 1.54) is 12.0 Å². The van der Waals surface area contributed by atoms with Gasteiger partial charge in [-0.2, -0.15) is 0 Å². The largest absolute Gasteiger partial charge is 0.368 e. The molecular formula is C14H19NO. The normalized spacial score (nSPS) is 38.1. The molecule has 2 heterocycles. The standard InChI is InChI=1S/C14H19NO/c1-10-8-13-14(16-13)11(2)15(10)9-12-6-4-3-5-7-12/h3-7,10-11,13-14H,8-9H2,1-2H3/t10-,11-,13+,14+/m1/s1. The van der Waals surface area contributed by atoms with E-state index >= 15 is 0 Å². The lowest BCUT2D eigenvalue weighted by atomic mass is 9.97. The molecule has 2 aliphatic heterocycles. The van der Waals surface area contributed by atoms with Crippen LogP contribution in [0.4, 0.5) is 0 Å². The van der Waals surface area contributed by atoms with Gasteiger partial charge in [0.1, 0.15) is 0 Å². The van der Waals surface area contributed by atoms with Gasteiger partial charge in [-0.05, 0) is 25.8 Å². The number of benzene rings is 1. The predicted octanol–water partition coefficient (Wildman–Crippen LogP) is 2.44. The minimum atomic E-state index is 0.500. The van der Waals surface area contributed by atoms with Crippen LogP contribution in [0.25, 0.3) is 0 Å². The average Bonchev–Trinajstić information content (AvgIpc) is 3.05. The molecule has 2 aliphatic rings. The van der Waals surface area contributed by atoms with Crippen LogP contribution >= 0.6 is 0 Å². The fourth-order valence-corrected chi connectivity index (χ4v) is 2.93. The van der Waals surface area contributed by atoms with Crippen molar-refractivity contribution < 1.29 is 4.74 Å². The van der Waals surface area contributed by atoms with Gasteiger partial charge in [0.2, 0.25) is 0 Å². The molecule has 0 amide bonds. The van der Waals surface area contributed by atoms with E-state index in [1.807, 2.05) is 0 Å². The van der Waals surface area contributed by atoms with Crippen molar-refractivity contribution in [2.24, 2.45) is 0 Å². The van der Waals surface area contributed by atoms with Crippen LogP contribution in [-0.2, 0) is 11.3 Å². The zero-order valence-electron chi connectivity index (χ0n) is 9.97. The van der Waals surface area contributed by atoms with E-state index in [1.54, 1.807) is 0 Å². The number of nitrogens with zero attached hydrogens (tertiary/aromatic N) is 1. The van der Waals surface area contributed by atoms with Crippen LogP contribution in [0.3, 0.4) is 0 Å². The van der Waals surface area contributed by atoms with Crippen molar-refractivity contribution in [3.63, 3.8) is 0 Å². The second kappa shape index (κ2) is 3.86. The average molecular weight is 217 g/mol. The third-order valence-corrected chi connectivity index (χ3v) is 3.97. The zero-order valence-corrected chi connectivity index (χ0v) is 9.97. The van der Waals surface area contributed by atoms with Crippen molar-refractivity contribution in [1.82, 2.24) is 4.90 Å². The predicted molar refractivity (Wildman–Crippen MR) is 64.2 cm³/mol. The van der Waals surface area contributed by atoms with Crippen molar-refractivity contribution >= 4 is 0 Å².